The van der Waals surface area contributed by atoms with Crippen molar-refractivity contribution in [1.82, 2.24) is 20.1 Å². The highest BCUT2D eigenvalue weighted by Gasteiger charge is 2.21. The monoisotopic (exact) mass is 362 g/mol. The Morgan fingerprint density at radius 2 is 2.20 bits per heavy atom. The summed E-state index contributed by atoms with van der Waals surface area (Å²) in [5, 5.41) is 13.1. The fourth-order valence-electron chi connectivity index (χ4n) is 3.06. The van der Waals surface area contributed by atoms with Crippen LogP contribution in [0.25, 0.3) is 0 Å². The molecule has 0 amide bonds. The normalized spacial score (nSPS) is 17.5. The molecule has 1 fully saturated rings. The van der Waals surface area contributed by atoms with Crippen LogP contribution in [0.5, 0.6) is 11.5 Å². The number of rotatable bonds is 7. The first-order valence-electron chi connectivity index (χ1n) is 8.69. The smallest absolute Gasteiger partial charge is 0.191 e. The number of thioether (sulfide) groups is 1. The van der Waals surface area contributed by atoms with Crippen molar-refractivity contribution in [3.8, 4) is 11.5 Å². The van der Waals surface area contributed by atoms with Crippen LogP contribution >= 0.6 is 11.8 Å². The molecule has 136 valence electrons. The van der Waals surface area contributed by atoms with E-state index in [4.69, 9.17) is 9.47 Å². The van der Waals surface area contributed by atoms with Gasteiger partial charge in [-0.3, -0.25) is 0 Å². The third-order valence-corrected chi connectivity index (χ3v) is 5.41. The van der Waals surface area contributed by atoms with E-state index < -0.39 is 0 Å². The average molecular weight is 362 g/mol. The number of aromatic nitrogens is 3. The fraction of sp³-hybridized carbons (Fsp3) is 0.556. The molecule has 7 heteroatoms. The van der Waals surface area contributed by atoms with Crippen LogP contribution < -0.4 is 14.8 Å². The fourth-order valence-corrected chi connectivity index (χ4v) is 3.79. The zero-order valence-corrected chi connectivity index (χ0v) is 15.9. The predicted octanol–water partition coefficient (Wildman–Crippen LogP) is 2.77. The lowest BCUT2D eigenvalue weighted by Gasteiger charge is -2.21. The Morgan fingerprint density at radius 3 is 2.96 bits per heavy atom. The summed E-state index contributed by atoms with van der Waals surface area (Å²) in [5.74, 6) is 3.91. The van der Waals surface area contributed by atoms with E-state index in [1.165, 1.54) is 12.8 Å². The van der Waals surface area contributed by atoms with Gasteiger partial charge in [0.15, 0.2) is 16.7 Å². The van der Waals surface area contributed by atoms with Gasteiger partial charge in [-0.15, -0.1) is 10.2 Å². The zero-order chi connectivity index (χ0) is 17.6. The van der Waals surface area contributed by atoms with Crippen LogP contribution in [-0.2, 0) is 7.05 Å². The Labute approximate surface area is 153 Å². The zero-order valence-electron chi connectivity index (χ0n) is 15.1. The topological polar surface area (TPSA) is 61.2 Å². The number of piperidine rings is 1. The molecular weight excluding hydrogens is 336 g/mol. The van der Waals surface area contributed by atoms with Crippen molar-refractivity contribution in [2.75, 3.05) is 32.6 Å². The predicted molar refractivity (Wildman–Crippen MR) is 99.8 cm³/mol. The average Bonchev–Trinajstić information content (AvgIpc) is 3.01. The first-order chi connectivity index (χ1) is 12.2. The molecule has 1 aromatic heterocycles. The van der Waals surface area contributed by atoms with Crippen molar-refractivity contribution >= 4 is 11.8 Å². The maximum atomic E-state index is 5.85. The lowest BCUT2D eigenvalue weighted by Crippen LogP contribution is -2.29. The van der Waals surface area contributed by atoms with Gasteiger partial charge in [-0.2, -0.15) is 0 Å². The van der Waals surface area contributed by atoms with Gasteiger partial charge >= 0.3 is 0 Å². The number of nitrogens with zero attached hydrogens (tertiary/aromatic N) is 3. The summed E-state index contributed by atoms with van der Waals surface area (Å²) in [6.45, 7) is 4.73. The summed E-state index contributed by atoms with van der Waals surface area (Å²) in [6, 6.07) is 5.96. The molecule has 0 radical (unpaired) electrons. The molecule has 0 bridgehead atoms. The number of hydrogen-bond acceptors (Lipinski definition) is 6. The highest BCUT2D eigenvalue weighted by Crippen LogP contribution is 2.28. The molecule has 1 atom stereocenters. The lowest BCUT2D eigenvalue weighted by molar-refractivity contribution is 0.313. The minimum atomic E-state index is 0.466. The third-order valence-electron chi connectivity index (χ3n) is 4.42. The summed E-state index contributed by atoms with van der Waals surface area (Å²) >= 11 is 1.67. The number of aryl methyl sites for hydroxylation is 1. The van der Waals surface area contributed by atoms with E-state index in [0.717, 1.165) is 46.9 Å². The van der Waals surface area contributed by atoms with Gasteiger partial charge in [0, 0.05) is 25.3 Å². The summed E-state index contributed by atoms with van der Waals surface area (Å²) in [7, 11) is 3.72. The van der Waals surface area contributed by atoms with E-state index in [-0.39, 0.29) is 0 Å². The van der Waals surface area contributed by atoms with Crippen molar-refractivity contribution in [1.29, 1.82) is 0 Å². The van der Waals surface area contributed by atoms with Crippen molar-refractivity contribution in [2.45, 2.75) is 30.8 Å². The van der Waals surface area contributed by atoms with Crippen LogP contribution in [-0.4, -0.2) is 47.3 Å². The van der Waals surface area contributed by atoms with Gasteiger partial charge in [-0.1, -0.05) is 17.8 Å². The Balaban J connectivity index is 1.52. The second kappa shape index (κ2) is 8.58. The molecule has 1 aliphatic rings. The van der Waals surface area contributed by atoms with Crippen LogP contribution in [0.4, 0.5) is 0 Å². The first kappa shape index (κ1) is 18.1. The van der Waals surface area contributed by atoms with E-state index >= 15 is 0 Å². The van der Waals surface area contributed by atoms with Gasteiger partial charge in [0.2, 0.25) is 0 Å². The third kappa shape index (κ3) is 4.46. The lowest BCUT2D eigenvalue weighted by atomic mass is 9.99. The Hall–Kier alpha value is -1.73. The molecule has 6 nitrogen and oxygen atoms in total. The second-order valence-electron chi connectivity index (χ2n) is 6.29. The standard InChI is InChI=1S/C18H26N4O2S/c1-13-6-7-15(16(11-13)23-3)24-9-10-25-18-21-20-17(22(18)2)14-5-4-8-19-12-14/h6-7,11,14,19H,4-5,8-10,12H2,1-3H3. The maximum Gasteiger partial charge on any atom is 0.191 e. The van der Waals surface area contributed by atoms with Gasteiger partial charge in [0.05, 0.1) is 13.7 Å². The molecule has 3 rings (SSSR count). The van der Waals surface area contributed by atoms with E-state index in [1.54, 1.807) is 18.9 Å². The van der Waals surface area contributed by atoms with Crippen LogP contribution in [0.3, 0.4) is 0 Å². The Bertz CT molecular complexity index is 698. The van der Waals surface area contributed by atoms with E-state index in [0.29, 0.717) is 12.5 Å². The quantitative estimate of drug-likeness (QED) is 0.604. The summed E-state index contributed by atoms with van der Waals surface area (Å²) in [4.78, 5) is 0. The van der Waals surface area contributed by atoms with Crippen LogP contribution in [0.2, 0.25) is 0 Å². The minimum absolute atomic E-state index is 0.466. The molecule has 0 aliphatic carbocycles. The molecule has 1 aromatic carbocycles. The van der Waals surface area contributed by atoms with E-state index in [1.807, 2.05) is 25.1 Å². The summed E-state index contributed by atoms with van der Waals surface area (Å²) in [5.41, 5.74) is 1.15. The largest absolute Gasteiger partial charge is 0.493 e. The van der Waals surface area contributed by atoms with Crippen LogP contribution in [0, 0.1) is 6.92 Å². The molecule has 0 spiro atoms. The number of ether oxygens (including phenoxy) is 2. The number of nitrogens with one attached hydrogen (secondary N) is 1. The molecular formula is C18H26N4O2S. The Kier molecular flexibility index (Phi) is 6.20. The molecule has 1 unspecified atom stereocenters. The van der Waals surface area contributed by atoms with Gasteiger partial charge in [0.1, 0.15) is 5.82 Å². The van der Waals surface area contributed by atoms with Gasteiger partial charge in [0.25, 0.3) is 0 Å². The SMILES string of the molecule is COc1cc(C)ccc1OCCSc1nnc(C2CCCNC2)n1C. The molecule has 25 heavy (non-hydrogen) atoms. The van der Waals surface area contributed by atoms with Crippen LogP contribution in [0.15, 0.2) is 23.4 Å². The molecule has 2 heterocycles. The minimum Gasteiger partial charge on any atom is -0.493 e. The highest BCUT2D eigenvalue weighted by atomic mass is 32.2. The highest BCUT2D eigenvalue weighted by molar-refractivity contribution is 7.99. The van der Waals surface area contributed by atoms with Gasteiger partial charge in [-0.25, -0.2) is 0 Å². The van der Waals surface area contributed by atoms with Crippen molar-refractivity contribution < 1.29 is 9.47 Å². The molecule has 2 aromatic rings. The number of methoxy groups -OCH3 is 1. The van der Waals surface area contributed by atoms with E-state index in [9.17, 15) is 0 Å². The van der Waals surface area contributed by atoms with Crippen LogP contribution in [0.1, 0.15) is 30.1 Å². The van der Waals surface area contributed by atoms with Crippen molar-refractivity contribution in [3.63, 3.8) is 0 Å². The summed E-state index contributed by atoms with van der Waals surface area (Å²) in [6.07, 6.45) is 2.38. The first-order valence-corrected chi connectivity index (χ1v) is 9.68. The number of benzene rings is 1. The van der Waals surface area contributed by atoms with Crippen molar-refractivity contribution in [3.05, 3.63) is 29.6 Å². The van der Waals surface area contributed by atoms with Gasteiger partial charge < -0.3 is 19.4 Å². The molecule has 1 aliphatic heterocycles. The van der Waals surface area contributed by atoms with Crippen molar-refractivity contribution in [2.24, 2.45) is 7.05 Å². The summed E-state index contributed by atoms with van der Waals surface area (Å²) < 4.78 is 13.3. The number of hydrogen-bond donors (Lipinski definition) is 1. The Morgan fingerprint density at radius 1 is 1.32 bits per heavy atom. The molecule has 1 N–H and O–H groups in total. The molecule has 0 saturated carbocycles. The van der Waals surface area contributed by atoms with Gasteiger partial charge in [-0.05, 0) is 44.0 Å². The molecule has 1 saturated heterocycles. The maximum absolute atomic E-state index is 5.85. The van der Waals surface area contributed by atoms with E-state index in [2.05, 4.69) is 27.1 Å². The second-order valence-corrected chi connectivity index (χ2v) is 7.36.